The minimum atomic E-state index is -0.124. The number of anilines is 1. The van der Waals surface area contributed by atoms with Crippen LogP contribution in [0.3, 0.4) is 0 Å². The topological polar surface area (TPSA) is 66.0 Å². The van der Waals surface area contributed by atoms with Crippen LogP contribution in [-0.2, 0) is 17.2 Å². The second kappa shape index (κ2) is 4.35. The van der Waals surface area contributed by atoms with Crippen molar-refractivity contribution >= 4 is 5.69 Å². The molecule has 0 spiro atoms. The second-order valence-electron chi connectivity index (χ2n) is 5.24. The average molecular weight is 258 g/mol. The molecule has 0 bridgehead atoms. The molecule has 0 amide bonds. The summed E-state index contributed by atoms with van der Waals surface area (Å²) in [6.07, 6.45) is 3.85. The van der Waals surface area contributed by atoms with E-state index < -0.39 is 0 Å². The maximum absolute atomic E-state index is 5.92. The highest BCUT2D eigenvalue weighted by atomic mass is 16.5. The molecule has 1 aromatic carbocycles. The van der Waals surface area contributed by atoms with Gasteiger partial charge < -0.3 is 15.0 Å². The van der Waals surface area contributed by atoms with Crippen LogP contribution in [0.5, 0.6) is 0 Å². The van der Waals surface area contributed by atoms with Crippen LogP contribution in [0.1, 0.15) is 24.2 Å². The highest BCUT2D eigenvalue weighted by molar-refractivity contribution is 5.47. The predicted molar refractivity (Wildman–Crippen MR) is 72.7 cm³/mol. The fraction of sp³-hybridized carbons (Fsp3) is 0.429. The van der Waals surface area contributed by atoms with Gasteiger partial charge in [-0.2, -0.15) is 0 Å². The Kier molecular flexibility index (Phi) is 2.78. The van der Waals surface area contributed by atoms with E-state index in [1.54, 1.807) is 13.4 Å². The van der Waals surface area contributed by atoms with Crippen LogP contribution >= 0.6 is 0 Å². The van der Waals surface area contributed by atoms with Crippen molar-refractivity contribution in [2.45, 2.75) is 24.4 Å². The summed E-state index contributed by atoms with van der Waals surface area (Å²) in [7, 11) is 3.73. The first kappa shape index (κ1) is 12.2. The molecule has 1 fully saturated rings. The monoisotopic (exact) mass is 258 g/mol. The zero-order chi connectivity index (χ0) is 13.5. The fourth-order valence-electron chi connectivity index (χ4n) is 2.98. The Balaban J connectivity index is 2.07. The summed E-state index contributed by atoms with van der Waals surface area (Å²) < 4.78 is 7.42. The molecule has 0 saturated heterocycles. The Hall–Kier alpha value is -1.88. The predicted octanol–water partition coefficient (Wildman–Crippen LogP) is 1.49. The number of hydrogen-bond acceptors (Lipinski definition) is 4. The van der Waals surface area contributed by atoms with Gasteiger partial charge in [0.1, 0.15) is 12.2 Å². The first-order valence-corrected chi connectivity index (χ1v) is 6.39. The third-order valence-corrected chi connectivity index (χ3v) is 4.06. The molecule has 1 saturated carbocycles. The zero-order valence-corrected chi connectivity index (χ0v) is 11.2. The van der Waals surface area contributed by atoms with E-state index in [0.29, 0.717) is 0 Å². The summed E-state index contributed by atoms with van der Waals surface area (Å²) in [5.74, 6) is 0.978. The van der Waals surface area contributed by atoms with Gasteiger partial charge in [0.15, 0.2) is 0 Å². The van der Waals surface area contributed by atoms with Crippen LogP contribution in [0.2, 0.25) is 0 Å². The number of ether oxygens (including phenoxy) is 1. The van der Waals surface area contributed by atoms with E-state index in [0.717, 1.165) is 24.4 Å². The summed E-state index contributed by atoms with van der Waals surface area (Å²) >= 11 is 0. The van der Waals surface area contributed by atoms with Crippen molar-refractivity contribution < 1.29 is 4.74 Å². The molecule has 5 heteroatoms. The Morgan fingerprint density at radius 2 is 2.21 bits per heavy atom. The number of nitrogen functional groups attached to an aromatic ring is 1. The van der Waals surface area contributed by atoms with Gasteiger partial charge in [0.2, 0.25) is 0 Å². The van der Waals surface area contributed by atoms with Crippen molar-refractivity contribution in [2.24, 2.45) is 7.05 Å². The summed E-state index contributed by atoms with van der Waals surface area (Å²) in [4.78, 5) is 0. The molecular weight excluding hydrogens is 240 g/mol. The van der Waals surface area contributed by atoms with Crippen molar-refractivity contribution in [1.82, 2.24) is 14.8 Å². The van der Waals surface area contributed by atoms with Crippen LogP contribution in [-0.4, -0.2) is 28.0 Å². The van der Waals surface area contributed by atoms with E-state index in [-0.39, 0.29) is 11.5 Å². The van der Waals surface area contributed by atoms with E-state index >= 15 is 0 Å². The Morgan fingerprint density at radius 3 is 2.79 bits per heavy atom. The van der Waals surface area contributed by atoms with Crippen molar-refractivity contribution in [1.29, 1.82) is 0 Å². The molecule has 0 unspecified atom stereocenters. The first-order chi connectivity index (χ1) is 9.15. The molecule has 0 radical (unpaired) electrons. The molecule has 3 rings (SSSR count). The van der Waals surface area contributed by atoms with Crippen molar-refractivity contribution in [2.75, 3.05) is 12.8 Å². The van der Waals surface area contributed by atoms with Gasteiger partial charge in [-0.1, -0.05) is 12.1 Å². The number of aryl methyl sites for hydroxylation is 1. The van der Waals surface area contributed by atoms with Gasteiger partial charge in [-0.05, 0) is 30.5 Å². The first-order valence-electron chi connectivity index (χ1n) is 6.39. The van der Waals surface area contributed by atoms with Gasteiger partial charge in [0.25, 0.3) is 0 Å². The molecule has 100 valence electrons. The van der Waals surface area contributed by atoms with Gasteiger partial charge in [0, 0.05) is 19.8 Å². The molecule has 1 aliphatic rings. The van der Waals surface area contributed by atoms with Gasteiger partial charge in [0.05, 0.1) is 11.5 Å². The van der Waals surface area contributed by atoms with E-state index in [1.807, 2.05) is 29.8 Å². The smallest absolute Gasteiger partial charge is 0.143 e. The van der Waals surface area contributed by atoms with Crippen molar-refractivity contribution in [3.05, 3.63) is 42.0 Å². The molecule has 1 heterocycles. The van der Waals surface area contributed by atoms with Crippen LogP contribution in [0.4, 0.5) is 5.69 Å². The SMILES string of the molecule is CO[C@H]1C[C@](c2cccc(N)c2)(c2nncn2C)C1. The number of methoxy groups -OCH3 is 1. The standard InChI is InChI=1S/C14H18N4O/c1-18-9-16-17-13(18)14(7-12(8-14)19-2)10-4-3-5-11(15)6-10/h3-6,9,12H,7-8,15H2,1-2H3/t12-,14-. The second-order valence-corrected chi connectivity index (χ2v) is 5.24. The Morgan fingerprint density at radius 1 is 1.42 bits per heavy atom. The van der Waals surface area contributed by atoms with E-state index in [4.69, 9.17) is 10.5 Å². The summed E-state index contributed by atoms with van der Waals surface area (Å²) in [6, 6.07) is 8.03. The van der Waals surface area contributed by atoms with Gasteiger partial charge >= 0.3 is 0 Å². The minimum Gasteiger partial charge on any atom is -0.399 e. The lowest BCUT2D eigenvalue weighted by Crippen LogP contribution is -2.48. The number of hydrogen-bond donors (Lipinski definition) is 1. The molecule has 19 heavy (non-hydrogen) atoms. The van der Waals surface area contributed by atoms with E-state index in [9.17, 15) is 0 Å². The molecule has 1 aliphatic carbocycles. The van der Waals surface area contributed by atoms with Crippen molar-refractivity contribution in [3.63, 3.8) is 0 Å². The number of aromatic nitrogens is 3. The van der Waals surface area contributed by atoms with Gasteiger partial charge in [-0.25, -0.2) is 0 Å². The maximum Gasteiger partial charge on any atom is 0.143 e. The van der Waals surface area contributed by atoms with Gasteiger partial charge in [-0.15, -0.1) is 10.2 Å². The number of benzene rings is 1. The van der Waals surface area contributed by atoms with Crippen molar-refractivity contribution in [3.8, 4) is 0 Å². The molecule has 5 nitrogen and oxygen atoms in total. The quantitative estimate of drug-likeness (QED) is 0.847. The van der Waals surface area contributed by atoms with Crippen LogP contribution in [0.25, 0.3) is 0 Å². The van der Waals surface area contributed by atoms with E-state index in [2.05, 4.69) is 16.3 Å². The van der Waals surface area contributed by atoms with E-state index in [1.165, 1.54) is 5.56 Å². The lowest BCUT2D eigenvalue weighted by Gasteiger charge is -2.46. The highest BCUT2D eigenvalue weighted by Crippen LogP contribution is 2.49. The lowest BCUT2D eigenvalue weighted by atomic mass is 9.62. The van der Waals surface area contributed by atoms with Crippen LogP contribution in [0.15, 0.2) is 30.6 Å². The molecule has 1 aromatic heterocycles. The Bertz CT molecular complexity index is 587. The normalized spacial score (nSPS) is 26.1. The molecule has 0 atom stereocenters. The molecular formula is C14H18N4O. The average Bonchev–Trinajstić information content (AvgIpc) is 2.76. The lowest BCUT2D eigenvalue weighted by molar-refractivity contribution is -0.00694. The maximum atomic E-state index is 5.92. The van der Waals surface area contributed by atoms with Crippen LogP contribution in [0, 0.1) is 0 Å². The largest absolute Gasteiger partial charge is 0.399 e. The highest BCUT2D eigenvalue weighted by Gasteiger charge is 2.50. The molecule has 2 aromatic rings. The molecule has 0 aliphatic heterocycles. The zero-order valence-electron chi connectivity index (χ0n) is 11.2. The molecule has 2 N–H and O–H groups in total. The minimum absolute atomic E-state index is 0.124. The number of nitrogens with two attached hydrogens (primary N) is 1. The summed E-state index contributed by atoms with van der Waals surface area (Å²) in [5, 5.41) is 8.31. The Labute approximate surface area is 112 Å². The summed E-state index contributed by atoms with van der Waals surface area (Å²) in [6.45, 7) is 0. The third kappa shape index (κ3) is 1.81. The third-order valence-electron chi connectivity index (χ3n) is 4.06. The van der Waals surface area contributed by atoms with Gasteiger partial charge in [-0.3, -0.25) is 0 Å². The van der Waals surface area contributed by atoms with Crippen LogP contribution < -0.4 is 5.73 Å². The summed E-state index contributed by atoms with van der Waals surface area (Å²) in [5.41, 5.74) is 7.76. The fourth-order valence-corrected chi connectivity index (χ4v) is 2.98. The number of nitrogens with zero attached hydrogens (tertiary/aromatic N) is 3. The number of rotatable bonds is 3.